The second-order valence-corrected chi connectivity index (χ2v) is 13.1. The summed E-state index contributed by atoms with van der Waals surface area (Å²) in [6.07, 6.45) is 6.86. The smallest absolute Gasteiger partial charge is 0.434 e. The van der Waals surface area contributed by atoms with Crippen LogP contribution in [0.3, 0.4) is 0 Å². The molecule has 4 aliphatic heterocycles. The Morgan fingerprint density at radius 1 is 1.20 bits per heavy atom. The number of halogens is 2. The number of benzene rings is 2. The summed E-state index contributed by atoms with van der Waals surface area (Å²) in [6.45, 7) is 8.16. The molecule has 7 rings (SSSR count). The summed E-state index contributed by atoms with van der Waals surface area (Å²) in [6, 6.07) is 12.6. The lowest BCUT2D eigenvalue weighted by atomic mass is 9.95. The first-order chi connectivity index (χ1) is 21.3. The summed E-state index contributed by atoms with van der Waals surface area (Å²) < 4.78 is 22.9. The standard InChI is InChI=1S/C34H39ClFN6O2/c1-3-30(43)41-15-11-23(19-41)18-39(2)32-26-12-16-40(29-10-5-8-24-7-4-9-27(35)31(24)29)21-28(26)37-33(38-32)44-22-34-13-6-14-42(34)20-25(36)17-34/h3-5,7-10,18,23,25H,1,6,11-17,19-22H2,2H3/q+1/b39-18-/t23?,25-,34+/m1/s1. The van der Waals surface area contributed by atoms with Gasteiger partial charge in [-0.25, -0.2) is 8.97 Å². The molecule has 2 aromatic carbocycles. The molecule has 3 saturated heterocycles. The highest BCUT2D eigenvalue weighted by atomic mass is 35.5. The van der Waals surface area contributed by atoms with E-state index in [1.165, 1.54) is 6.08 Å². The zero-order valence-corrected chi connectivity index (χ0v) is 26.0. The number of hydrogen-bond donors (Lipinski definition) is 0. The molecule has 0 aliphatic carbocycles. The molecule has 3 fully saturated rings. The van der Waals surface area contributed by atoms with Gasteiger partial charge in [0, 0.05) is 61.0 Å². The van der Waals surface area contributed by atoms with Gasteiger partial charge in [-0.2, -0.15) is 4.98 Å². The van der Waals surface area contributed by atoms with Crippen molar-refractivity contribution in [2.24, 2.45) is 5.92 Å². The van der Waals surface area contributed by atoms with E-state index in [2.05, 4.69) is 51.4 Å². The van der Waals surface area contributed by atoms with Crippen LogP contribution in [0, 0.1) is 5.92 Å². The number of aromatic nitrogens is 2. The van der Waals surface area contributed by atoms with Gasteiger partial charge in [0.2, 0.25) is 5.91 Å². The van der Waals surface area contributed by atoms with Gasteiger partial charge in [-0.1, -0.05) is 42.4 Å². The van der Waals surface area contributed by atoms with Crippen molar-refractivity contribution < 1.29 is 18.5 Å². The molecule has 10 heteroatoms. The number of carbonyl (C=O) groups is 1. The molecule has 3 atom stereocenters. The van der Waals surface area contributed by atoms with E-state index in [9.17, 15) is 9.18 Å². The number of carbonyl (C=O) groups excluding carboxylic acids is 1. The molecule has 4 aliphatic rings. The van der Waals surface area contributed by atoms with E-state index in [0.29, 0.717) is 45.2 Å². The number of fused-ring (bicyclic) bond motifs is 3. The average Bonchev–Trinajstić information content (AvgIpc) is 3.73. The van der Waals surface area contributed by atoms with E-state index in [0.717, 1.165) is 77.3 Å². The lowest BCUT2D eigenvalue weighted by molar-refractivity contribution is -0.407. The maximum Gasteiger partial charge on any atom is 0.434 e. The summed E-state index contributed by atoms with van der Waals surface area (Å²) in [7, 11) is 2.02. The molecule has 0 radical (unpaired) electrons. The summed E-state index contributed by atoms with van der Waals surface area (Å²) in [4.78, 5) is 28.5. The van der Waals surface area contributed by atoms with Crippen LogP contribution in [0.4, 0.5) is 15.9 Å². The van der Waals surface area contributed by atoms with Gasteiger partial charge < -0.3 is 14.5 Å². The highest BCUT2D eigenvalue weighted by Gasteiger charge is 2.49. The first-order valence-electron chi connectivity index (χ1n) is 15.7. The highest BCUT2D eigenvalue weighted by Crippen LogP contribution is 2.41. The average molecular weight is 618 g/mol. The quantitative estimate of drug-likeness (QED) is 0.207. The molecule has 1 aromatic heterocycles. The topological polar surface area (TPSA) is 64.8 Å². The molecule has 1 amide bonds. The van der Waals surface area contributed by atoms with E-state index in [1.54, 1.807) is 0 Å². The minimum absolute atomic E-state index is 0.0324. The molecule has 0 saturated carbocycles. The molecule has 0 spiro atoms. The number of alkyl halides is 1. The van der Waals surface area contributed by atoms with Crippen molar-refractivity contribution in [3.63, 3.8) is 0 Å². The molecule has 44 heavy (non-hydrogen) atoms. The van der Waals surface area contributed by atoms with E-state index < -0.39 is 6.17 Å². The molecule has 0 N–H and O–H groups in total. The third kappa shape index (κ3) is 5.34. The van der Waals surface area contributed by atoms with E-state index in [1.807, 2.05) is 24.1 Å². The van der Waals surface area contributed by atoms with Crippen LogP contribution in [-0.4, -0.2) is 94.6 Å². The Labute approximate surface area is 262 Å². The second-order valence-electron chi connectivity index (χ2n) is 12.7. The molecule has 8 nitrogen and oxygen atoms in total. The Balaban J connectivity index is 1.22. The van der Waals surface area contributed by atoms with Crippen LogP contribution in [0.15, 0.2) is 49.1 Å². The summed E-state index contributed by atoms with van der Waals surface area (Å²) in [5.74, 6) is 1.00. The molecular formula is C34H39ClFN6O2+. The monoisotopic (exact) mass is 617 g/mol. The third-order valence-electron chi connectivity index (χ3n) is 9.91. The van der Waals surface area contributed by atoms with Gasteiger partial charge in [0.05, 0.1) is 41.6 Å². The zero-order valence-electron chi connectivity index (χ0n) is 25.2. The van der Waals surface area contributed by atoms with Crippen LogP contribution in [0.2, 0.25) is 5.02 Å². The van der Waals surface area contributed by atoms with Crippen LogP contribution in [-0.2, 0) is 17.8 Å². The first-order valence-corrected chi connectivity index (χ1v) is 16.0. The fourth-order valence-corrected chi connectivity index (χ4v) is 8.04. The molecular weight excluding hydrogens is 579 g/mol. The van der Waals surface area contributed by atoms with Crippen LogP contribution in [0.1, 0.15) is 36.9 Å². The normalized spacial score (nSPS) is 25.4. The van der Waals surface area contributed by atoms with Crippen molar-refractivity contribution in [1.82, 2.24) is 19.8 Å². The minimum Gasteiger partial charge on any atom is -0.443 e. The Bertz CT molecular complexity index is 1640. The van der Waals surface area contributed by atoms with Gasteiger partial charge in [0.1, 0.15) is 12.8 Å². The number of rotatable bonds is 7. The lowest BCUT2D eigenvalue weighted by Gasteiger charge is -2.32. The predicted molar refractivity (Wildman–Crippen MR) is 171 cm³/mol. The fourth-order valence-electron chi connectivity index (χ4n) is 7.76. The van der Waals surface area contributed by atoms with Crippen molar-refractivity contribution in [3.05, 3.63) is 65.3 Å². The van der Waals surface area contributed by atoms with E-state index >= 15 is 0 Å². The van der Waals surface area contributed by atoms with Crippen molar-refractivity contribution in [1.29, 1.82) is 0 Å². The van der Waals surface area contributed by atoms with Crippen molar-refractivity contribution in [3.8, 4) is 6.01 Å². The van der Waals surface area contributed by atoms with E-state index in [4.69, 9.17) is 26.3 Å². The Morgan fingerprint density at radius 3 is 2.89 bits per heavy atom. The number of nitrogens with zero attached hydrogens (tertiary/aromatic N) is 6. The van der Waals surface area contributed by atoms with Crippen molar-refractivity contribution >= 4 is 46.0 Å². The van der Waals surface area contributed by atoms with Crippen molar-refractivity contribution in [2.45, 2.75) is 50.4 Å². The third-order valence-corrected chi connectivity index (χ3v) is 10.2. The summed E-state index contributed by atoms with van der Waals surface area (Å²) in [5, 5.41) is 2.87. The highest BCUT2D eigenvalue weighted by molar-refractivity contribution is 6.36. The maximum absolute atomic E-state index is 14.5. The predicted octanol–water partition coefficient (Wildman–Crippen LogP) is 5.18. The van der Waals surface area contributed by atoms with Crippen LogP contribution < -0.4 is 9.64 Å². The molecule has 1 unspecified atom stereocenters. The van der Waals surface area contributed by atoms with Gasteiger partial charge in [-0.05, 0) is 49.4 Å². The van der Waals surface area contributed by atoms with E-state index in [-0.39, 0.29) is 17.4 Å². The Kier molecular flexibility index (Phi) is 7.79. The van der Waals surface area contributed by atoms with Crippen LogP contribution >= 0.6 is 11.6 Å². The Morgan fingerprint density at radius 2 is 2.05 bits per heavy atom. The zero-order chi connectivity index (χ0) is 30.4. The second kappa shape index (κ2) is 11.7. The van der Waals surface area contributed by atoms with Gasteiger partial charge in [-0.3, -0.25) is 9.69 Å². The number of hydrogen-bond acceptors (Lipinski definition) is 6. The largest absolute Gasteiger partial charge is 0.443 e. The number of ether oxygens (including phenoxy) is 1. The Hall–Kier alpha value is -3.56. The summed E-state index contributed by atoms with van der Waals surface area (Å²) >= 11 is 6.71. The number of amides is 1. The minimum atomic E-state index is -0.820. The van der Waals surface area contributed by atoms with Gasteiger partial charge >= 0.3 is 11.8 Å². The SMILES string of the molecule is C=CC(=O)N1CCC(/C=[N+](/C)c2nc(OC[C@@]34CCCN3C[C@H](F)C4)nc3c2CCN(c2cccc4cccc(Cl)c24)C3)C1. The van der Waals surface area contributed by atoms with Crippen LogP contribution in [0.5, 0.6) is 6.01 Å². The number of likely N-dealkylation sites (tertiary alicyclic amines) is 1. The molecule has 3 aromatic rings. The molecule has 0 bridgehead atoms. The van der Waals surface area contributed by atoms with Gasteiger partial charge in [0.25, 0.3) is 0 Å². The van der Waals surface area contributed by atoms with Gasteiger partial charge in [-0.15, -0.1) is 0 Å². The van der Waals surface area contributed by atoms with Crippen LogP contribution in [0.25, 0.3) is 10.8 Å². The van der Waals surface area contributed by atoms with Crippen molar-refractivity contribution in [2.75, 3.05) is 51.3 Å². The molecule has 230 valence electrons. The summed E-state index contributed by atoms with van der Waals surface area (Å²) in [5.41, 5.74) is 2.82. The fraction of sp³-hybridized carbons (Fsp3) is 0.471. The first kappa shape index (κ1) is 29.2. The maximum atomic E-state index is 14.5. The lowest BCUT2D eigenvalue weighted by Crippen LogP contribution is -2.43. The number of anilines is 1. The van der Waals surface area contributed by atoms with Gasteiger partial charge in [0.15, 0.2) is 0 Å². The molecule has 5 heterocycles.